The molecule has 1 saturated heterocycles. The summed E-state index contributed by atoms with van der Waals surface area (Å²) in [7, 11) is 0. The van der Waals surface area contributed by atoms with Gasteiger partial charge < -0.3 is 20.7 Å². The number of rotatable bonds is 3. The third kappa shape index (κ3) is 2.52. The summed E-state index contributed by atoms with van der Waals surface area (Å²) in [6, 6.07) is 0. The van der Waals surface area contributed by atoms with E-state index in [0.29, 0.717) is 16.6 Å². The highest BCUT2D eigenvalue weighted by molar-refractivity contribution is 5.36. The first-order valence-corrected chi connectivity index (χ1v) is 6.47. The molecule has 0 bridgehead atoms. The molecule has 0 aromatic carbocycles. The topological polar surface area (TPSA) is 111 Å². The van der Waals surface area contributed by atoms with Crippen molar-refractivity contribution in [2.45, 2.75) is 50.7 Å². The zero-order chi connectivity index (χ0) is 15.9. The molecule has 0 radical (unpaired) electrons. The number of aromatic nitrogens is 2. The fraction of sp³-hybridized carbons (Fsp3) is 0.667. The minimum absolute atomic E-state index is 0.0345. The third-order valence-electron chi connectivity index (χ3n) is 3.49. The molecule has 1 unspecified atom stereocenters. The highest BCUT2D eigenvalue weighted by Crippen LogP contribution is 2.43. The van der Waals surface area contributed by atoms with E-state index < -0.39 is 36.2 Å². The molecule has 0 amide bonds. The van der Waals surface area contributed by atoms with E-state index in [2.05, 4.69) is 4.98 Å². The van der Waals surface area contributed by atoms with Crippen LogP contribution in [0.5, 0.6) is 0 Å². The van der Waals surface area contributed by atoms with Gasteiger partial charge in [0.15, 0.2) is 6.10 Å². The van der Waals surface area contributed by atoms with Crippen LogP contribution in [0.25, 0.3) is 0 Å². The van der Waals surface area contributed by atoms with Gasteiger partial charge in [0.05, 0.1) is 6.10 Å². The molecular formula is C12H17F2N3O4. The lowest BCUT2D eigenvalue weighted by Gasteiger charge is -2.21. The van der Waals surface area contributed by atoms with Crippen LogP contribution >= 0.6 is 0 Å². The minimum atomic E-state index is -3.74. The second kappa shape index (κ2) is 5.32. The van der Waals surface area contributed by atoms with E-state index in [-0.39, 0.29) is 5.82 Å². The summed E-state index contributed by atoms with van der Waals surface area (Å²) in [5, 5.41) is 19.0. The fourth-order valence-corrected chi connectivity index (χ4v) is 2.27. The second-order valence-corrected chi connectivity index (χ2v) is 5.01. The highest BCUT2D eigenvalue weighted by atomic mass is 19.3. The predicted octanol–water partition coefficient (Wildman–Crippen LogP) is -0.338. The molecule has 4 N–H and O–H groups in total. The van der Waals surface area contributed by atoms with Crippen LogP contribution in [0.4, 0.5) is 14.6 Å². The van der Waals surface area contributed by atoms with Crippen molar-refractivity contribution < 1.29 is 23.7 Å². The van der Waals surface area contributed by atoms with Gasteiger partial charge >= 0.3 is 11.6 Å². The van der Waals surface area contributed by atoms with Gasteiger partial charge in [-0.15, -0.1) is 0 Å². The Morgan fingerprint density at radius 3 is 2.71 bits per heavy atom. The maximum atomic E-state index is 14.1. The van der Waals surface area contributed by atoms with Crippen LogP contribution in [-0.4, -0.2) is 44.0 Å². The van der Waals surface area contributed by atoms with Crippen LogP contribution in [0.15, 0.2) is 11.0 Å². The standard InChI is InChI=1S/C12H17F2N3O4/c1-3-6-4-17(11(20)16-9(6)15)10-12(13,14)8(19)7(21-10)5(2)18/h4-5,7-8,10,18-19H,3H2,1-2H3,(H2,15,16,20)/t5?,7-,8-,10-/m1/s1. The Balaban J connectivity index is 2.49. The smallest absolute Gasteiger partial charge is 0.351 e. The first-order chi connectivity index (χ1) is 9.70. The summed E-state index contributed by atoms with van der Waals surface area (Å²) in [5.41, 5.74) is 4.93. The normalized spacial score (nSPS) is 29.5. The molecular weight excluding hydrogens is 288 g/mol. The molecule has 1 aromatic heterocycles. The van der Waals surface area contributed by atoms with E-state index in [1.807, 2.05) is 0 Å². The van der Waals surface area contributed by atoms with E-state index in [0.717, 1.165) is 6.20 Å². The molecule has 0 saturated carbocycles. The van der Waals surface area contributed by atoms with Crippen molar-refractivity contribution in [3.05, 3.63) is 22.2 Å². The average molecular weight is 305 g/mol. The first kappa shape index (κ1) is 15.8. The number of anilines is 1. The van der Waals surface area contributed by atoms with Gasteiger partial charge in [-0.25, -0.2) is 4.79 Å². The van der Waals surface area contributed by atoms with Crippen molar-refractivity contribution in [3.63, 3.8) is 0 Å². The lowest BCUT2D eigenvalue weighted by atomic mass is 10.1. The molecule has 1 fully saturated rings. The monoisotopic (exact) mass is 305 g/mol. The summed E-state index contributed by atoms with van der Waals surface area (Å²) in [6.07, 6.45) is -5.56. The van der Waals surface area contributed by atoms with Crippen LogP contribution in [0.3, 0.4) is 0 Å². The molecule has 4 atom stereocenters. The van der Waals surface area contributed by atoms with Crippen molar-refractivity contribution in [2.24, 2.45) is 0 Å². The van der Waals surface area contributed by atoms with Gasteiger partial charge in [0.25, 0.3) is 0 Å². The van der Waals surface area contributed by atoms with Crippen LogP contribution in [0.1, 0.15) is 25.6 Å². The SMILES string of the molecule is CCc1cn([C@@H]2O[C@H](C(C)O)[C@@H](O)C2(F)F)c(=O)nc1N. The molecule has 118 valence electrons. The molecule has 1 aromatic rings. The quantitative estimate of drug-likeness (QED) is 0.705. The largest absolute Gasteiger partial charge is 0.391 e. The molecule has 2 rings (SSSR count). The summed E-state index contributed by atoms with van der Waals surface area (Å²) in [4.78, 5) is 15.3. The molecule has 21 heavy (non-hydrogen) atoms. The van der Waals surface area contributed by atoms with E-state index in [1.54, 1.807) is 6.92 Å². The Morgan fingerprint density at radius 2 is 2.24 bits per heavy atom. The zero-order valence-electron chi connectivity index (χ0n) is 11.5. The number of aryl methyl sites for hydroxylation is 1. The van der Waals surface area contributed by atoms with Crippen LogP contribution in [0, 0.1) is 0 Å². The Hall–Kier alpha value is -1.58. The number of nitrogens with two attached hydrogens (primary N) is 1. The number of nitrogens with zero attached hydrogens (tertiary/aromatic N) is 2. The second-order valence-electron chi connectivity index (χ2n) is 5.01. The number of aliphatic hydroxyl groups excluding tert-OH is 2. The highest BCUT2D eigenvalue weighted by Gasteiger charge is 2.60. The molecule has 9 heteroatoms. The number of alkyl halides is 2. The summed E-state index contributed by atoms with van der Waals surface area (Å²) in [6.45, 7) is 2.94. The lowest BCUT2D eigenvalue weighted by molar-refractivity contribution is -0.141. The van der Waals surface area contributed by atoms with Crippen molar-refractivity contribution >= 4 is 5.82 Å². The molecule has 0 spiro atoms. The van der Waals surface area contributed by atoms with Crippen LogP contribution < -0.4 is 11.4 Å². The number of hydrogen-bond donors (Lipinski definition) is 3. The predicted molar refractivity (Wildman–Crippen MR) is 68.8 cm³/mol. The van der Waals surface area contributed by atoms with Gasteiger partial charge in [-0.3, -0.25) is 4.57 Å². The number of nitrogen functional groups attached to an aromatic ring is 1. The van der Waals surface area contributed by atoms with Gasteiger partial charge in [-0.2, -0.15) is 13.8 Å². The third-order valence-corrected chi connectivity index (χ3v) is 3.49. The number of halogens is 2. The Labute approximate surface area is 119 Å². The van der Waals surface area contributed by atoms with Gasteiger partial charge in [0.1, 0.15) is 11.9 Å². The van der Waals surface area contributed by atoms with Crippen LogP contribution in [-0.2, 0) is 11.2 Å². The van der Waals surface area contributed by atoms with Gasteiger partial charge in [0, 0.05) is 11.8 Å². The maximum Gasteiger partial charge on any atom is 0.351 e. The zero-order valence-corrected chi connectivity index (χ0v) is 11.5. The molecule has 2 heterocycles. The molecule has 0 aliphatic carbocycles. The summed E-state index contributed by atoms with van der Waals surface area (Å²) in [5.74, 6) is -3.78. The first-order valence-electron chi connectivity index (χ1n) is 6.47. The van der Waals surface area contributed by atoms with E-state index in [1.165, 1.54) is 6.92 Å². The number of aliphatic hydroxyl groups is 2. The number of ether oxygens (including phenoxy) is 1. The molecule has 7 nitrogen and oxygen atoms in total. The summed E-state index contributed by atoms with van der Waals surface area (Å²) >= 11 is 0. The van der Waals surface area contributed by atoms with Crippen LogP contribution in [0.2, 0.25) is 0 Å². The minimum Gasteiger partial charge on any atom is -0.391 e. The van der Waals surface area contributed by atoms with Crippen molar-refractivity contribution in [1.29, 1.82) is 0 Å². The maximum absolute atomic E-state index is 14.1. The fourth-order valence-electron chi connectivity index (χ4n) is 2.27. The average Bonchev–Trinajstić information content (AvgIpc) is 2.62. The Kier molecular flexibility index (Phi) is 4.00. The summed E-state index contributed by atoms with van der Waals surface area (Å²) < 4.78 is 33.8. The van der Waals surface area contributed by atoms with Gasteiger partial charge in [-0.1, -0.05) is 6.92 Å². The lowest BCUT2D eigenvalue weighted by Crippen LogP contribution is -2.43. The van der Waals surface area contributed by atoms with E-state index in [9.17, 15) is 23.8 Å². The van der Waals surface area contributed by atoms with E-state index >= 15 is 0 Å². The van der Waals surface area contributed by atoms with Crippen molar-refractivity contribution in [1.82, 2.24) is 9.55 Å². The Morgan fingerprint density at radius 1 is 1.62 bits per heavy atom. The van der Waals surface area contributed by atoms with Gasteiger partial charge in [0.2, 0.25) is 6.23 Å². The van der Waals surface area contributed by atoms with E-state index in [4.69, 9.17) is 10.5 Å². The Bertz CT molecular complexity index is 590. The number of hydrogen-bond acceptors (Lipinski definition) is 6. The molecule has 1 aliphatic heterocycles. The van der Waals surface area contributed by atoms with Crippen molar-refractivity contribution in [3.8, 4) is 0 Å². The van der Waals surface area contributed by atoms with Crippen molar-refractivity contribution in [2.75, 3.05) is 5.73 Å². The van der Waals surface area contributed by atoms with Gasteiger partial charge in [-0.05, 0) is 13.3 Å². The molecule has 1 aliphatic rings.